The molecule has 4 heterocycles. The van der Waals surface area contributed by atoms with Gasteiger partial charge in [0.2, 0.25) is 0 Å². The minimum absolute atomic E-state index is 0. The third-order valence-electron chi connectivity index (χ3n) is 3.66. The first-order chi connectivity index (χ1) is 15.2. The summed E-state index contributed by atoms with van der Waals surface area (Å²) in [5.41, 5.74) is 6.09. The van der Waals surface area contributed by atoms with Gasteiger partial charge in [0.05, 0.1) is 22.8 Å². The highest BCUT2D eigenvalue weighted by atomic mass is 15.1. The Balaban J connectivity index is -0.000000183. The minimum atomic E-state index is 0. The smallest absolute Gasteiger partial charge is 0.125 e. The summed E-state index contributed by atoms with van der Waals surface area (Å²) in [6.07, 6.45) is 10.8. The number of hydrogen-bond acceptors (Lipinski definition) is 8. The van der Waals surface area contributed by atoms with Crippen molar-refractivity contribution in [3.8, 4) is 0 Å². The Morgan fingerprint density at radius 2 is 0.639 bits per heavy atom. The van der Waals surface area contributed by atoms with Crippen LogP contribution < -0.4 is 0 Å². The number of aromatic nitrogens is 8. The Kier molecular flexibility index (Phi) is 24.0. The third-order valence-corrected chi connectivity index (χ3v) is 3.66. The van der Waals surface area contributed by atoms with Crippen molar-refractivity contribution in [2.45, 2.75) is 85.1 Å². The lowest BCUT2D eigenvalue weighted by Gasteiger charge is -1.88. The van der Waals surface area contributed by atoms with Crippen molar-refractivity contribution in [2.24, 2.45) is 0 Å². The first-order valence-electron chi connectivity index (χ1n) is 10.2. The molecule has 0 amide bonds. The molecule has 0 N–H and O–H groups in total. The molecular formula is C28H48N8. The molecule has 0 saturated heterocycles. The highest BCUT2D eigenvalue weighted by Gasteiger charge is 1.84. The van der Waals surface area contributed by atoms with E-state index in [1.165, 1.54) is 0 Å². The van der Waals surface area contributed by atoms with Gasteiger partial charge in [-0.1, -0.05) is 29.7 Å². The maximum Gasteiger partial charge on any atom is 0.125 e. The second-order valence-corrected chi connectivity index (χ2v) is 7.23. The van der Waals surface area contributed by atoms with E-state index in [-0.39, 0.29) is 29.7 Å². The first kappa shape index (κ1) is 39.5. The average molecular weight is 497 g/mol. The van der Waals surface area contributed by atoms with Crippen LogP contribution in [-0.4, -0.2) is 40.1 Å². The lowest BCUT2D eigenvalue weighted by atomic mass is 10.4. The van der Waals surface area contributed by atoms with Crippen molar-refractivity contribution in [1.82, 2.24) is 40.1 Å². The zero-order valence-electron chi connectivity index (χ0n) is 20.2. The van der Waals surface area contributed by atoms with Crippen LogP contribution in [0.25, 0.3) is 0 Å². The molecule has 200 valence electrons. The van der Waals surface area contributed by atoms with E-state index in [9.17, 15) is 0 Å². The second kappa shape index (κ2) is 21.8. The molecule has 4 aromatic rings. The van der Waals surface area contributed by atoms with E-state index in [0.717, 1.165) is 45.6 Å². The van der Waals surface area contributed by atoms with Gasteiger partial charge in [0, 0.05) is 37.2 Å². The SMILES string of the molecule is C.C.C.C.Cc1ccc(C)nn1.Cc1cnc(C)cn1.Cc1cnc(C)nc1.Cc1cnc(C)nc1. The van der Waals surface area contributed by atoms with Crippen LogP contribution in [0.3, 0.4) is 0 Å². The van der Waals surface area contributed by atoms with Gasteiger partial charge in [-0.2, -0.15) is 10.2 Å². The fraction of sp³-hybridized carbons (Fsp3) is 0.429. The van der Waals surface area contributed by atoms with Crippen LogP contribution >= 0.6 is 0 Å². The third kappa shape index (κ3) is 19.8. The van der Waals surface area contributed by atoms with Gasteiger partial charge in [-0.25, -0.2) is 19.9 Å². The Labute approximate surface area is 220 Å². The van der Waals surface area contributed by atoms with Crippen LogP contribution in [0.2, 0.25) is 0 Å². The van der Waals surface area contributed by atoms with Crippen molar-refractivity contribution in [3.05, 3.63) is 94.9 Å². The molecule has 0 spiro atoms. The molecule has 0 aromatic carbocycles. The van der Waals surface area contributed by atoms with Crippen molar-refractivity contribution in [1.29, 1.82) is 0 Å². The Morgan fingerprint density at radius 3 is 0.833 bits per heavy atom. The van der Waals surface area contributed by atoms with E-state index in [0.29, 0.717) is 0 Å². The molecule has 0 unspecified atom stereocenters. The van der Waals surface area contributed by atoms with Crippen LogP contribution in [0, 0.1) is 55.4 Å². The van der Waals surface area contributed by atoms with E-state index < -0.39 is 0 Å². The van der Waals surface area contributed by atoms with E-state index in [1.54, 1.807) is 12.4 Å². The monoisotopic (exact) mass is 496 g/mol. The molecule has 4 rings (SSSR count). The van der Waals surface area contributed by atoms with E-state index >= 15 is 0 Å². The van der Waals surface area contributed by atoms with Crippen molar-refractivity contribution < 1.29 is 0 Å². The maximum absolute atomic E-state index is 4.02. The van der Waals surface area contributed by atoms with E-state index in [1.807, 2.05) is 92.3 Å². The summed E-state index contributed by atoms with van der Waals surface area (Å²) in [6.45, 7) is 15.4. The lowest BCUT2D eigenvalue weighted by molar-refractivity contribution is 0.941. The molecule has 8 heteroatoms. The fourth-order valence-corrected chi connectivity index (χ4v) is 1.84. The molecule has 0 saturated carbocycles. The molecule has 4 aromatic heterocycles. The zero-order chi connectivity index (χ0) is 23.9. The summed E-state index contributed by atoms with van der Waals surface area (Å²) in [5.74, 6) is 1.66. The summed E-state index contributed by atoms with van der Waals surface area (Å²) in [4.78, 5) is 23.9. The predicted molar refractivity (Wildman–Crippen MR) is 153 cm³/mol. The standard InChI is InChI=1S/4C6H8N2.4CH4/c1-5-3-8-6(2)4-7-5;2*1-5-3-7-6(2)8-4-5;1-5-3-4-6(2)8-7-5;;;;/h4*3-4H,1-2H3;4*1H4. The molecule has 0 aliphatic rings. The van der Waals surface area contributed by atoms with Gasteiger partial charge < -0.3 is 0 Å². The molecule has 0 aliphatic carbocycles. The molecular weight excluding hydrogens is 448 g/mol. The number of aryl methyl sites for hydroxylation is 8. The topological polar surface area (TPSA) is 103 Å². The normalized spacial score (nSPS) is 8.22. The van der Waals surface area contributed by atoms with Crippen LogP contribution in [0.15, 0.2) is 49.3 Å². The fourth-order valence-electron chi connectivity index (χ4n) is 1.84. The van der Waals surface area contributed by atoms with Gasteiger partial charge in [-0.3, -0.25) is 9.97 Å². The van der Waals surface area contributed by atoms with Gasteiger partial charge in [0.25, 0.3) is 0 Å². The quantitative estimate of drug-likeness (QED) is 0.258. The zero-order valence-corrected chi connectivity index (χ0v) is 20.2. The Bertz CT molecular complexity index is 757. The molecule has 0 atom stereocenters. The van der Waals surface area contributed by atoms with Crippen LogP contribution in [0.5, 0.6) is 0 Å². The predicted octanol–water partition coefficient (Wildman–Crippen LogP) is 6.92. The molecule has 0 aliphatic heterocycles. The molecule has 8 nitrogen and oxygen atoms in total. The molecule has 0 fully saturated rings. The van der Waals surface area contributed by atoms with Crippen LogP contribution in [0.4, 0.5) is 0 Å². The highest BCUT2D eigenvalue weighted by molar-refractivity contribution is 5.03. The van der Waals surface area contributed by atoms with Crippen LogP contribution in [0.1, 0.15) is 75.3 Å². The van der Waals surface area contributed by atoms with Crippen molar-refractivity contribution in [2.75, 3.05) is 0 Å². The van der Waals surface area contributed by atoms with Gasteiger partial charge in [-0.15, -0.1) is 0 Å². The number of nitrogens with zero attached hydrogens (tertiary/aromatic N) is 8. The molecule has 36 heavy (non-hydrogen) atoms. The summed E-state index contributed by atoms with van der Waals surface area (Å²) in [6, 6.07) is 3.89. The first-order valence-corrected chi connectivity index (χ1v) is 10.2. The minimum Gasteiger partial charge on any atom is -0.258 e. The number of hydrogen-bond donors (Lipinski definition) is 0. The van der Waals surface area contributed by atoms with Gasteiger partial charge in [0.1, 0.15) is 11.6 Å². The molecule has 0 bridgehead atoms. The Morgan fingerprint density at radius 1 is 0.361 bits per heavy atom. The second-order valence-electron chi connectivity index (χ2n) is 7.23. The lowest BCUT2D eigenvalue weighted by Crippen LogP contribution is -1.86. The Hall–Kier alpha value is -3.68. The van der Waals surface area contributed by atoms with E-state index in [4.69, 9.17) is 0 Å². The van der Waals surface area contributed by atoms with Crippen LogP contribution in [-0.2, 0) is 0 Å². The maximum atomic E-state index is 4.02. The van der Waals surface area contributed by atoms with Gasteiger partial charge in [0.15, 0.2) is 0 Å². The van der Waals surface area contributed by atoms with Crippen molar-refractivity contribution >= 4 is 0 Å². The highest BCUT2D eigenvalue weighted by Crippen LogP contribution is 1.91. The average Bonchev–Trinajstić information content (AvgIpc) is 2.78. The van der Waals surface area contributed by atoms with Gasteiger partial charge >= 0.3 is 0 Å². The summed E-state index contributed by atoms with van der Waals surface area (Å²) in [5, 5.41) is 7.66. The van der Waals surface area contributed by atoms with E-state index in [2.05, 4.69) is 40.1 Å². The number of rotatable bonds is 0. The summed E-state index contributed by atoms with van der Waals surface area (Å²) >= 11 is 0. The van der Waals surface area contributed by atoms with Gasteiger partial charge in [-0.05, 0) is 78.6 Å². The summed E-state index contributed by atoms with van der Waals surface area (Å²) < 4.78 is 0. The molecule has 0 radical (unpaired) electrons. The summed E-state index contributed by atoms with van der Waals surface area (Å²) in [7, 11) is 0. The van der Waals surface area contributed by atoms with Crippen molar-refractivity contribution in [3.63, 3.8) is 0 Å². The largest absolute Gasteiger partial charge is 0.258 e.